The SMILES string of the molecule is COc1ccc(C=Cc2ccc(N=C=O)cc2)cc1. The van der Waals surface area contributed by atoms with Gasteiger partial charge in [-0.3, -0.25) is 0 Å². The number of rotatable bonds is 4. The first-order valence-corrected chi connectivity index (χ1v) is 5.82. The maximum absolute atomic E-state index is 10.1. The molecule has 0 heterocycles. The van der Waals surface area contributed by atoms with Gasteiger partial charge in [0.05, 0.1) is 12.8 Å². The molecule has 0 amide bonds. The van der Waals surface area contributed by atoms with Crippen LogP contribution in [0.4, 0.5) is 5.69 Å². The first-order chi connectivity index (χ1) is 9.31. The van der Waals surface area contributed by atoms with E-state index in [9.17, 15) is 4.79 Å². The van der Waals surface area contributed by atoms with Crippen molar-refractivity contribution >= 4 is 23.9 Å². The molecule has 0 radical (unpaired) electrons. The van der Waals surface area contributed by atoms with Crippen LogP contribution < -0.4 is 4.74 Å². The van der Waals surface area contributed by atoms with Crippen LogP contribution in [-0.4, -0.2) is 13.2 Å². The van der Waals surface area contributed by atoms with E-state index < -0.39 is 0 Å². The van der Waals surface area contributed by atoms with E-state index in [-0.39, 0.29) is 0 Å². The molecule has 0 atom stereocenters. The van der Waals surface area contributed by atoms with Crippen LogP contribution in [0.5, 0.6) is 5.75 Å². The number of isocyanates is 1. The molecule has 3 nitrogen and oxygen atoms in total. The second-order valence-corrected chi connectivity index (χ2v) is 3.90. The lowest BCUT2D eigenvalue weighted by molar-refractivity contribution is 0.415. The molecule has 0 fully saturated rings. The summed E-state index contributed by atoms with van der Waals surface area (Å²) >= 11 is 0. The van der Waals surface area contributed by atoms with Crippen molar-refractivity contribution in [1.29, 1.82) is 0 Å². The highest BCUT2D eigenvalue weighted by Gasteiger charge is 1.92. The number of carbonyl (C=O) groups excluding carboxylic acids is 1. The molecule has 0 aliphatic heterocycles. The largest absolute Gasteiger partial charge is 0.497 e. The second-order valence-electron chi connectivity index (χ2n) is 3.90. The van der Waals surface area contributed by atoms with Gasteiger partial charge in [0, 0.05) is 0 Å². The van der Waals surface area contributed by atoms with Gasteiger partial charge in [-0.05, 0) is 35.4 Å². The van der Waals surface area contributed by atoms with Crippen LogP contribution >= 0.6 is 0 Å². The molecule has 0 saturated carbocycles. The molecule has 0 spiro atoms. The van der Waals surface area contributed by atoms with E-state index in [1.54, 1.807) is 19.2 Å². The van der Waals surface area contributed by atoms with E-state index in [0.717, 1.165) is 16.9 Å². The highest BCUT2D eigenvalue weighted by atomic mass is 16.5. The summed E-state index contributed by atoms with van der Waals surface area (Å²) in [6, 6.07) is 15.2. The molecule has 2 aromatic carbocycles. The molecule has 2 aromatic rings. The summed E-state index contributed by atoms with van der Waals surface area (Å²) in [5.41, 5.74) is 2.74. The van der Waals surface area contributed by atoms with Crippen molar-refractivity contribution in [3.63, 3.8) is 0 Å². The maximum atomic E-state index is 10.1. The summed E-state index contributed by atoms with van der Waals surface area (Å²) in [6.07, 6.45) is 5.52. The molecule has 0 aliphatic carbocycles. The molecule has 19 heavy (non-hydrogen) atoms. The number of benzene rings is 2. The fraction of sp³-hybridized carbons (Fsp3) is 0.0625. The van der Waals surface area contributed by atoms with Crippen LogP contribution in [0.25, 0.3) is 12.2 Å². The smallest absolute Gasteiger partial charge is 0.240 e. The molecule has 0 saturated heterocycles. The fourth-order valence-electron chi connectivity index (χ4n) is 1.62. The first-order valence-electron chi connectivity index (χ1n) is 5.82. The summed E-state index contributed by atoms with van der Waals surface area (Å²) < 4.78 is 5.10. The van der Waals surface area contributed by atoms with Gasteiger partial charge in [0.15, 0.2) is 0 Å². The lowest BCUT2D eigenvalue weighted by Gasteiger charge is -1.99. The average molecular weight is 251 g/mol. The number of hydrogen-bond acceptors (Lipinski definition) is 3. The molecule has 3 heteroatoms. The third kappa shape index (κ3) is 3.66. The predicted octanol–water partition coefficient (Wildman–Crippen LogP) is 3.83. The van der Waals surface area contributed by atoms with Crippen LogP contribution in [0.2, 0.25) is 0 Å². The Kier molecular flexibility index (Phi) is 4.27. The van der Waals surface area contributed by atoms with Crippen LogP contribution in [0.3, 0.4) is 0 Å². The molecule has 94 valence electrons. The Balaban J connectivity index is 2.10. The number of hydrogen-bond donors (Lipinski definition) is 0. The normalized spacial score (nSPS) is 10.2. The lowest BCUT2D eigenvalue weighted by atomic mass is 10.1. The van der Waals surface area contributed by atoms with E-state index >= 15 is 0 Å². The Morgan fingerprint density at radius 1 is 0.947 bits per heavy atom. The van der Waals surface area contributed by atoms with Gasteiger partial charge < -0.3 is 4.74 Å². The van der Waals surface area contributed by atoms with E-state index in [1.165, 1.54) is 6.08 Å². The van der Waals surface area contributed by atoms with Crippen LogP contribution in [0, 0.1) is 0 Å². The fourth-order valence-corrected chi connectivity index (χ4v) is 1.62. The summed E-state index contributed by atoms with van der Waals surface area (Å²) in [7, 11) is 1.65. The molecule has 0 aromatic heterocycles. The molecule has 2 rings (SSSR count). The monoisotopic (exact) mass is 251 g/mol. The molecule has 0 bridgehead atoms. The van der Waals surface area contributed by atoms with Gasteiger partial charge in [-0.2, -0.15) is 4.99 Å². The Hall–Kier alpha value is -2.64. The van der Waals surface area contributed by atoms with E-state index in [0.29, 0.717) is 5.69 Å². The van der Waals surface area contributed by atoms with Crippen molar-refractivity contribution < 1.29 is 9.53 Å². The minimum absolute atomic E-state index is 0.608. The van der Waals surface area contributed by atoms with Crippen molar-refractivity contribution in [1.82, 2.24) is 0 Å². The van der Waals surface area contributed by atoms with Crippen LogP contribution in [-0.2, 0) is 4.79 Å². The number of methoxy groups -OCH3 is 1. The molecular formula is C16H13NO2. The summed E-state index contributed by atoms with van der Waals surface area (Å²) in [5, 5.41) is 0. The Morgan fingerprint density at radius 2 is 1.47 bits per heavy atom. The highest BCUT2D eigenvalue weighted by Crippen LogP contribution is 2.16. The van der Waals surface area contributed by atoms with Gasteiger partial charge in [0.1, 0.15) is 5.75 Å². The van der Waals surface area contributed by atoms with Gasteiger partial charge in [-0.25, -0.2) is 4.79 Å². The van der Waals surface area contributed by atoms with Crippen LogP contribution in [0.1, 0.15) is 11.1 Å². The molecular weight excluding hydrogens is 238 g/mol. The van der Waals surface area contributed by atoms with E-state index in [4.69, 9.17) is 4.74 Å². The van der Waals surface area contributed by atoms with Gasteiger partial charge in [-0.1, -0.05) is 36.4 Å². The lowest BCUT2D eigenvalue weighted by Crippen LogP contribution is -1.81. The number of ether oxygens (including phenoxy) is 1. The Labute approximate surface area is 111 Å². The quantitative estimate of drug-likeness (QED) is 0.470. The van der Waals surface area contributed by atoms with Crippen molar-refractivity contribution in [2.75, 3.05) is 7.11 Å². The third-order valence-electron chi connectivity index (χ3n) is 2.65. The summed E-state index contributed by atoms with van der Waals surface area (Å²) in [5.74, 6) is 0.841. The summed E-state index contributed by atoms with van der Waals surface area (Å²) in [4.78, 5) is 13.6. The van der Waals surface area contributed by atoms with E-state index in [2.05, 4.69) is 4.99 Å². The predicted molar refractivity (Wildman–Crippen MR) is 76.1 cm³/mol. The number of aliphatic imine (C=N–C) groups is 1. The first kappa shape index (κ1) is 12.8. The minimum Gasteiger partial charge on any atom is -0.497 e. The maximum Gasteiger partial charge on any atom is 0.240 e. The van der Waals surface area contributed by atoms with Gasteiger partial charge in [0.2, 0.25) is 6.08 Å². The zero-order chi connectivity index (χ0) is 13.5. The van der Waals surface area contributed by atoms with Crippen LogP contribution in [0.15, 0.2) is 53.5 Å². The molecule has 0 N–H and O–H groups in total. The van der Waals surface area contributed by atoms with Crippen molar-refractivity contribution in [2.45, 2.75) is 0 Å². The summed E-state index contributed by atoms with van der Waals surface area (Å²) in [6.45, 7) is 0. The second kappa shape index (κ2) is 6.34. The Bertz CT molecular complexity index is 606. The molecule has 0 aliphatic rings. The highest BCUT2D eigenvalue weighted by molar-refractivity contribution is 5.70. The van der Waals surface area contributed by atoms with Gasteiger partial charge >= 0.3 is 0 Å². The zero-order valence-corrected chi connectivity index (χ0v) is 10.5. The zero-order valence-electron chi connectivity index (χ0n) is 10.5. The van der Waals surface area contributed by atoms with E-state index in [1.807, 2.05) is 48.6 Å². The average Bonchev–Trinajstić information content (AvgIpc) is 2.47. The standard InChI is InChI=1S/C16H13NO2/c1-19-16-10-6-14(7-11-16)3-2-13-4-8-15(9-5-13)17-12-18/h2-11H,1H3. The van der Waals surface area contributed by atoms with Crippen molar-refractivity contribution in [3.05, 3.63) is 59.7 Å². The minimum atomic E-state index is 0.608. The third-order valence-corrected chi connectivity index (χ3v) is 2.65. The topological polar surface area (TPSA) is 38.7 Å². The van der Waals surface area contributed by atoms with Gasteiger partial charge in [-0.15, -0.1) is 0 Å². The molecule has 0 unspecified atom stereocenters. The van der Waals surface area contributed by atoms with Gasteiger partial charge in [0.25, 0.3) is 0 Å². The Morgan fingerprint density at radius 3 is 1.95 bits per heavy atom. The number of nitrogens with zero attached hydrogens (tertiary/aromatic N) is 1. The van der Waals surface area contributed by atoms with Crippen molar-refractivity contribution in [3.8, 4) is 5.75 Å². The van der Waals surface area contributed by atoms with Crippen molar-refractivity contribution in [2.24, 2.45) is 4.99 Å².